The second-order valence-electron chi connectivity index (χ2n) is 5.06. The lowest BCUT2D eigenvalue weighted by molar-refractivity contribution is -0.119. The van der Waals surface area contributed by atoms with E-state index in [4.69, 9.17) is 23.2 Å². The Morgan fingerprint density at radius 2 is 1.78 bits per heavy atom. The molecule has 0 unspecified atom stereocenters. The molecule has 6 heteroatoms. The van der Waals surface area contributed by atoms with E-state index in [2.05, 4.69) is 15.8 Å². The van der Waals surface area contributed by atoms with Gasteiger partial charge in [0.25, 0.3) is 5.91 Å². The summed E-state index contributed by atoms with van der Waals surface area (Å²) < 4.78 is 0. The minimum absolute atomic E-state index is 0.131. The molecule has 2 N–H and O–H groups in total. The topological polar surface area (TPSA) is 53.5 Å². The third kappa shape index (κ3) is 4.71. The minimum Gasteiger partial charge on any atom is -0.376 e. The monoisotopic (exact) mass is 349 g/mol. The zero-order valence-electron chi connectivity index (χ0n) is 12.9. The molecule has 0 aliphatic rings. The number of hydrogen-bond acceptors (Lipinski definition) is 3. The first-order valence-corrected chi connectivity index (χ1v) is 7.80. The van der Waals surface area contributed by atoms with Crippen molar-refractivity contribution in [3.05, 3.63) is 63.1 Å². The van der Waals surface area contributed by atoms with Crippen molar-refractivity contribution in [2.24, 2.45) is 5.10 Å². The number of benzene rings is 2. The molecule has 0 radical (unpaired) electrons. The molecule has 0 saturated carbocycles. The predicted octanol–water partition coefficient (Wildman–Crippen LogP) is 4.17. The summed E-state index contributed by atoms with van der Waals surface area (Å²) in [6.45, 7) is 4.12. The van der Waals surface area contributed by atoms with Crippen LogP contribution in [0.3, 0.4) is 0 Å². The Labute approximate surface area is 145 Å². The number of anilines is 1. The molecule has 2 rings (SSSR count). The average molecular weight is 350 g/mol. The van der Waals surface area contributed by atoms with Gasteiger partial charge in [0, 0.05) is 11.3 Å². The molecule has 0 spiro atoms. The van der Waals surface area contributed by atoms with E-state index in [1.165, 1.54) is 6.21 Å². The average Bonchev–Trinajstić information content (AvgIpc) is 2.51. The molecular weight excluding hydrogens is 333 g/mol. The van der Waals surface area contributed by atoms with Crippen molar-refractivity contribution in [1.29, 1.82) is 0 Å². The number of hydrogen-bond donors (Lipinski definition) is 2. The smallest absolute Gasteiger partial charge is 0.259 e. The highest BCUT2D eigenvalue weighted by molar-refractivity contribution is 6.43. The van der Waals surface area contributed by atoms with Crippen molar-refractivity contribution in [2.45, 2.75) is 13.8 Å². The predicted molar refractivity (Wildman–Crippen MR) is 96.6 cm³/mol. The third-order valence-corrected chi connectivity index (χ3v) is 4.11. The van der Waals surface area contributed by atoms with Crippen molar-refractivity contribution in [3.8, 4) is 0 Å². The summed E-state index contributed by atoms with van der Waals surface area (Å²) in [5.74, 6) is -0.248. The fraction of sp³-hybridized carbons (Fsp3) is 0.176. The number of carbonyl (C=O) groups is 1. The van der Waals surface area contributed by atoms with Gasteiger partial charge in [-0.25, -0.2) is 5.43 Å². The maximum atomic E-state index is 11.8. The van der Waals surface area contributed by atoms with Crippen LogP contribution in [0.25, 0.3) is 0 Å². The minimum atomic E-state index is -0.248. The molecule has 0 aromatic heterocycles. The Morgan fingerprint density at radius 3 is 2.48 bits per heavy atom. The molecule has 0 fully saturated rings. The fourth-order valence-corrected chi connectivity index (χ4v) is 2.45. The number of nitrogens with one attached hydrogen (secondary N) is 2. The van der Waals surface area contributed by atoms with E-state index in [-0.39, 0.29) is 12.5 Å². The molecule has 1 amide bonds. The van der Waals surface area contributed by atoms with E-state index in [0.717, 1.165) is 16.8 Å². The van der Waals surface area contributed by atoms with E-state index >= 15 is 0 Å². The summed E-state index contributed by atoms with van der Waals surface area (Å²) in [5, 5.41) is 7.86. The highest BCUT2D eigenvalue weighted by atomic mass is 35.5. The van der Waals surface area contributed by atoms with Crippen molar-refractivity contribution in [2.75, 3.05) is 11.9 Å². The highest BCUT2D eigenvalue weighted by Crippen LogP contribution is 2.24. The molecule has 4 nitrogen and oxygen atoms in total. The molecular formula is C17H17Cl2N3O. The number of para-hydroxylation sites is 1. The Hall–Kier alpha value is -2.04. The standard InChI is InChI=1S/C17H17Cl2N3O/c1-11-5-3-6-12(2)17(11)20-10-15(23)22-21-9-13-7-4-8-14(18)16(13)19/h3-9,20H,10H2,1-2H3,(H,22,23)/b21-9-. The van der Waals surface area contributed by atoms with E-state index in [0.29, 0.717) is 15.6 Å². The number of carbonyl (C=O) groups excluding carboxylic acids is 1. The molecule has 0 saturated heterocycles. The summed E-state index contributed by atoms with van der Waals surface area (Å²) >= 11 is 11.9. The van der Waals surface area contributed by atoms with Crippen molar-refractivity contribution in [1.82, 2.24) is 5.43 Å². The van der Waals surface area contributed by atoms with Crippen LogP contribution >= 0.6 is 23.2 Å². The number of amides is 1. The SMILES string of the molecule is Cc1cccc(C)c1NCC(=O)N/N=C\c1cccc(Cl)c1Cl. The number of nitrogens with zero attached hydrogens (tertiary/aromatic N) is 1. The summed E-state index contributed by atoms with van der Waals surface area (Å²) in [6.07, 6.45) is 1.46. The summed E-state index contributed by atoms with van der Waals surface area (Å²) in [7, 11) is 0. The second kappa shape index (κ2) is 7.99. The van der Waals surface area contributed by atoms with Gasteiger partial charge in [0.05, 0.1) is 22.8 Å². The Bertz CT molecular complexity index is 724. The number of halogens is 2. The fourth-order valence-electron chi connectivity index (χ4n) is 2.10. The van der Waals surface area contributed by atoms with Crippen molar-refractivity contribution < 1.29 is 4.79 Å². The van der Waals surface area contributed by atoms with Gasteiger partial charge in [0.15, 0.2) is 0 Å². The lowest BCUT2D eigenvalue weighted by Crippen LogP contribution is -2.26. The van der Waals surface area contributed by atoms with Gasteiger partial charge in [-0.1, -0.05) is 53.5 Å². The molecule has 0 aliphatic heterocycles. The first-order valence-electron chi connectivity index (χ1n) is 7.05. The first kappa shape index (κ1) is 17.3. The maximum absolute atomic E-state index is 11.8. The zero-order valence-corrected chi connectivity index (χ0v) is 14.4. The highest BCUT2D eigenvalue weighted by Gasteiger charge is 2.05. The van der Waals surface area contributed by atoms with Crippen LogP contribution in [0.2, 0.25) is 10.0 Å². The summed E-state index contributed by atoms with van der Waals surface area (Å²) in [5.41, 5.74) is 6.24. The quantitative estimate of drug-likeness (QED) is 0.628. The van der Waals surface area contributed by atoms with Crippen LogP contribution in [0, 0.1) is 13.8 Å². The molecule has 2 aromatic carbocycles. The molecule has 0 atom stereocenters. The molecule has 0 aliphatic carbocycles. The molecule has 0 heterocycles. The van der Waals surface area contributed by atoms with Gasteiger partial charge in [-0.2, -0.15) is 5.10 Å². The lowest BCUT2D eigenvalue weighted by atomic mass is 10.1. The first-order chi connectivity index (χ1) is 11.0. The molecule has 0 bridgehead atoms. The number of rotatable bonds is 5. The maximum Gasteiger partial charge on any atom is 0.259 e. The molecule has 120 valence electrons. The van der Waals surface area contributed by atoms with Crippen LogP contribution in [0.15, 0.2) is 41.5 Å². The van der Waals surface area contributed by atoms with Gasteiger partial charge >= 0.3 is 0 Å². The van der Waals surface area contributed by atoms with Gasteiger partial charge in [0.2, 0.25) is 0 Å². The Morgan fingerprint density at radius 1 is 1.13 bits per heavy atom. The van der Waals surface area contributed by atoms with E-state index in [9.17, 15) is 4.79 Å². The number of hydrazone groups is 1. The van der Waals surface area contributed by atoms with Gasteiger partial charge < -0.3 is 5.32 Å². The van der Waals surface area contributed by atoms with Crippen LogP contribution in [-0.4, -0.2) is 18.7 Å². The second-order valence-corrected chi connectivity index (χ2v) is 5.84. The summed E-state index contributed by atoms with van der Waals surface area (Å²) in [4.78, 5) is 11.8. The van der Waals surface area contributed by atoms with Crippen LogP contribution in [0.5, 0.6) is 0 Å². The van der Waals surface area contributed by atoms with E-state index in [1.54, 1.807) is 18.2 Å². The zero-order chi connectivity index (χ0) is 16.8. The van der Waals surface area contributed by atoms with E-state index in [1.807, 2.05) is 32.0 Å². The normalized spacial score (nSPS) is 10.8. The largest absolute Gasteiger partial charge is 0.376 e. The van der Waals surface area contributed by atoms with Gasteiger partial charge in [0.1, 0.15) is 0 Å². The number of aryl methyl sites for hydroxylation is 2. The Kier molecular flexibility index (Phi) is 6.02. The van der Waals surface area contributed by atoms with Crippen molar-refractivity contribution >= 4 is 41.0 Å². The van der Waals surface area contributed by atoms with Gasteiger partial charge in [-0.15, -0.1) is 0 Å². The van der Waals surface area contributed by atoms with Crippen LogP contribution in [0.1, 0.15) is 16.7 Å². The van der Waals surface area contributed by atoms with Gasteiger partial charge in [-0.05, 0) is 31.0 Å². The van der Waals surface area contributed by atoms with Crippen LogP contribution in [-0.2, 0) is 4.79 Å². The van der Waals surface area contributed by atoms with E-state index < -0.39 is 0 Å². The Balaban J connectivity index is 1.90. The molecule has 2 aromatic rings. The van der Waals surface area contributed by atoms with Crippen molar-refractivity contribution in [3.63, 3.8) is 0 Å². The van der Waals surface area contributed by atoms with Crippen LogP contribution in [0.4, 0.5) is 5.69 Å². The van der Waals surface area contributed by atoms with Gasteiger partial charge in [-0.3, -0.25) is 4.79 Å². The lowest BCUT2D eigenvalue weighted by Gasteiger charge is -2.11. The summed E-state index contributed by atoms with van der Waals surface area (Å²) in [6, 6.07) is 11.2. The van der Waals surface area contributed by atoms with Crippen LogP contribution < -0.4 is 10.7 Å². The third-order valence-electron chi connectivity index (χ3n) is 3.28. The molecule has 23 heavy (non-hydrogen) atoms.